The van der Waals surface area contributed by atoms with Crippen molar-refractivity contribution >= 4 is 32.6 Å². The van der Waals surface area contributed by atoms with Gasteiger partial charge in [-0.2, -0.15) is 0 Å². The molecule has 19 heavy (non-hydrogen) atoms. The number of benzene rings is 1. The molecule has 4 nitrogen and oxygen atoms in total. The number of rotatable bonds is 3. The molecule has 0 spiro atoms. The number of amides is 1. The van der Waals surface area contributed by atoms with E-state index in [-0.39, 0.29) is 11.8 Å². The number of fused-ring (bicyclic) bond motifs is 1. The Morgan fingerprint density at radius 2 is 2.32 bits per heavy atom. The molecule has 3 rings (SSSR count). The zero-order valence-electron chi connectivity index (χ0n) is 11.1. The molecule has 0 bridgehead atoms. The van der Waals surface area contributed by atoms with Gasteiger partial charge in [0.05, 0.1) is 16.1 Å². The second kappa shape index (κ2) is 4.81. The van der Waals surface area contributed by atoms with Crippen molar-refractivity contribution in [2.24, 2.45) is 5.92 Å². The van der Waals surface area contributed by atoms with Gasteiger partial charge >= 0.3 is 0 Å². The van der Waals surface area contributed by atoms with Crippen molar-refractivity contribution in [1.29, 1.82) is 0 Å². The summed E-state index contributed by atoms with van der Waals surface area (Å²) < 4.78 is 1.23. The number of carbonyl (C=O) groups excluding carboxylic acids is 1. The summed E-state index contributed by atoms with van der Waals surface area (Å²) in [6.07, 6.45) is 1.05. The molecular weight excluding hydrogens is 258 g/mol. The van der Waals surface area contributed by atoms with E-state index in [0.717, 1.165) is 30.2 Å². The van der Waals surface area contributed by atoms with E-state index in [4.69, 9.17) is 0 Å². The van der Waals surface area contributed by atoms with Gasteiger partial charge in [-0.25, -0.2) is 4.98 Å². The first-order valence-corrected chi connectivity index (χ1v) is 7.39. The quantitative estimate of drug-likeness (QED) is 0.932. The van der Waals surface area contributed by atoms with E-state index in [1.54, 1.807) is 18.4 Å². The molecule has 0 aliphatic carbocycles. The van der Waals surface area contributed by atoms with Crippen molar-refractivity contribution < 1.29 is 4.79 Å². The van der Waals surface area contributed by atoms with Gasteiger partial charge in [-0.05, 0) is 24.1 Å². The summed E-state index contributed by atoms with van der Waals surface area (Å²) in [4.78, 5) is 18.3. The Balaban J connectivity index is 1.78. The predicted octanol–water partition coefficient (Wildman–Crippen LogP) is 2.04. The number of anilines is 1. The van der Waals surface area contributed by atoms with Crippen LogP contribution < -0.4 is 10.2 Å². The van der Waals surface area contributed by atoms with Crippen LogP contribution in [0.15, 0.2) is 18.2 Å². The minimum atomic E-state index is 0.114. The molecule has 1 N–H and O–H groups in total. The molecule has 0 saturated carbocycles. The minimum absolute atomic E-state index is 0.114. The average Bonchev–Trinajstić information content (AvgIpc) is 2.78. The van der Waals surface area contributed by atoms with Crippen LogP contribution in [0.25, 0.3) is 10.2 Å². The molecule has 1 aliphatic rings. The molecular formula is C14H17N3OS. The second-order valence-corrected chi connectivity index (χ2v) is 5.88. The van der Waals surface area contributed by atoms with Gasteiger partial charge in [-0.15, -0.1) is 0 Å². The molecule has 1 fully saturated rings. The van der Waals surface area contributed by atoms with E-state index in [0.29, 0.717) is 0 Å². The molecule has 0 atom stereocenters. The maximum absolute atomic E-state index is 11.5. The van der Waals surface area contributed by atoms with Crippen LogP contribution in [0, 0.1) is 5.92 Å². The van der Waals surface area contributed by atoms with Gasteiger partial charge in [0, 0.05) is 20.1 Å². The molecule has 1 aromatic heterocycles. The van der Waals surface area contributed by atoms with Gasteiger partial charge in [0.25, 0.3) is 0 Å². The lowest BCUT2D eigenvalue weighted by Crippen LogP contribution is -2.53. The van der Waals surface area contributed by atoms with E-state index >= 15 is 0 Å². The van der Waals surface area contributed by atoms with Crippen molar-refractivity contribution in [1.82, 2.24) is 10.3 Å². The number of nitrogens with one attached hydrogen (secondary N) is 1. The van der Waals surface area contributed by atoms with E-state index in [1.807, 2.05) is 0 Å². The van der Waals surface area contributed by atoms with Crippen molar-refractivity contribution in [3.63, 3.8) is 0 Å². The standard InChI is InChI=1S/C14H17N3OS/c1-3-9-4-5-11-12(6-9)19-14(16-11)17-7-10(8-17)13(18)15-2/h4-6,10H,3,7-8H2,1-2H3,(H,15,18). The Hall–Kier alpha value is -1.62. The van der Waals surface area contributed by atoms with Crippen LogP contribution in [0.5, 0.6) is 0 Å². The summed E-state index contributed by atoms with van der Waals surface area (Å²) in [5.41, 5.74) is 2.40. The summed E-state index contributed by atoms with van der Waals surface area (Å²) in [5.74, 6) is 0.244. The Morgan fingerprint density at radius 1 is 1.53 bits per heavy atom. The topological polar surface area (TPSA) is 45.2 Å². The normalized spacial score (nSPS) is 15.6. The number of nitrogens with zero attached hydrogens (tertiary/aromatic N) is 2. The smallest absolute Gasteiger partial charge is 0.226 e. The van der Waals surface area contributed by atoms with Crippen LogP contribution >= 0.6 is 11.3 Å². The molecule has 1 saturated heterocycles. The number of aromatic nitrogens is 1. The highest BCUT2D eigenvalue weighted by Gasteiger charge is 2.33. The maximum atomic E-state index is 11.5. The highest BCUT2D eigenvalue weighted by atomic mass is 32.1. The molecule has 1 aromatic carbocycles. The third-order valence-electron chi connectivity index (χ3n) is 3.62. The summed E-state index contributed by atoms with van der Waals surface area (Å²) in [6.45, 7) is 3.72. The molecule has 1 amide bonds. The number of thiazole rings is 1. The highest BCUT2D eigenvalue weighted by Crippen LogP contribution is 2.33. The Kier molecular flexibility index (Phi) is 3.14. The van der Waals surface area contributed by atoms with Crippen LogP contribution in [-0.2, 0) is 11.2 Å². The maximum Gasteiger partial charge on any atom is 0.226 e. The molecule has 2 heterocycles. The number of hydrogen-bond acceptors (Lipinski definition) is 4. The van der Waals surface area contributed by atoms with Crippen LogP contribution in [0.4, 0.5) is 5.13 Å². The SMILES string of the molecule is CCc1ccc2nc(N3CC(C(=O)NC)C3)sc2c1. The van der Waals surface area contributed by atoms with Gasteiger partial charge < -0.3 is 10.2 Å². The first-order valence-electron chi connectivity index (χ1n) is 6.57. The zero-order chi connectivity index (χ0) is 13.4. The van der Waals surface area contributed by atoms with Gasteiger partial charge in [0.1, 0.15) is 0 Å². The lowest BCUT2D eigenvalue weighted by atomic mass is 10.0. The van der Waals surface area contributed by atoms with Crippen LogP contribution in [0.3, 0.4) is 0 Å². The highest BCUT2D eigenvalue weighted by molar-refractivity contribution is 7.22. The van der Waals surface area contributed by atoms with E-state index < -0.39 is 0 Å². The lowest BCUT2D eigenvalue weighted by molar-refractivity contribution is -0.125. The molecule has 5 heteroatoms. The van der Waals surface area contributed by atoms with Crippen molar-refractivity contribution in [3.05, 3.63) is 23.8 Å². The van der Waals surface area contributed by atoms with Crippen LogP contribution in [0.2, 0.25) is 0 Å². The molecule has 2 aromatic rings. The molecule has 1 aliphatic heterocycles. The fourth-order valence-corrected chi connectivity index (χ4v) is 3.36. The van der Waals surface area contributed by atoms with Crippen molar-refractivity contribution in [3.8, 4) is 0 Å². The van der Waals surface area contributed by atoms with E-state index in [2.05, 4.69) is 40.3 Å². The van der Waals surface area contributed by atoms with Gasteiger partial charge in [-0.3, -0.25) is 4.79 Å². The summed E-state index contributed by atoms with van der Waals surface area (Å²) in [7, 11) is 1.69. The second-order valence-electron chi connectivity index (χ2n) is 4.87. The van der Waals surface area contributed by atoms with E-state index in [9.17, 15) is 4.79 Å². The summed E-state index contributed by atoms with van der Waals surface area (Å²) >= 11 is 1.72. The Bertz CT molecular complexity index is 616. The Morgan fingerprint density at radius 3 is 3.00 bits per heavy atom. The van der Waals surface area contributed by atoms with Crippen LogP contribution in [-0.4, -0.2) is 31.0 Å². The van der Waals surface area contributed by atoms with Crippen molar-refractivity contribution in [2.45, 2.75) is 13.3 Å². The fourth-order valence-electron chi connectivity index (χ4n) is 2.32. The third kappa shape index (κ3) is 2.18. The monoisotopic (exact) mass is 275 g/mol. The summed E-state index contributed by atoms with van der Waals surface area (Å²) in [5, 5.41) is 3.73. The predicted molar refractivity (Wildman–Crippen MR) is 78.8 cm³/mol. The van der Waals surface area contributed by atoms with E-state index in [1.165, 1.54) is 10.3 Å². The minimum Gasteiger partial charge on any atom is -0.359 e. The lowest BCUT2D eigenvalue weighted by Gasteiger charge is -2.37. The van der Waals surface area contributed by atoms with Crippen molar-refractivity contribution in [2.75, 3.05) is 25.0 Å². The average molecular weight is 275 g/mol. The number of aryl methyl sites for hydroxylation is 1. The zero-order valence-corrected chi connectivity index (χ0v) is 12.0. The van der Waals surface area contributed by atoms with Gasteiger partial charge in [0.15, 0.2) is 5.13 Å². The van der Waals surface area contributed by atoms with Gasteiger partial charge in [0.2, 0.25) is 5.91 Å². The van der Waals surface area contributed by atoms with Crippen LogP contribution in [0.1, 0.15) is 12.5 Å². The molecule has 0 unspecified atom stereocenters. The molecule has 0 radical (unpaired) electrons. The number of hydrogen-bond donors (Lipinski definition) is 1. The number of carbonyl (C=O) groups is 1. The molecule has 100 valence electrons. The summed E-state index contributed by atoms with van der Waals surface area (Å²) in [6, 6.07) is 6.44. The first-order chi connectivity index (χ1) is 9.21. The third-order valence-corrected chi connectivity index (χ3v) is 4.70. The largest absolute Gasteiger partial charge is 0.359 e. The first kappa shape index (κ1) is 12.4. The Labute approximate surface area is 116 Å². The fraction of sp³-hybridized carbons (Fsp3) is 0.429. The van der Waals surface area contributed by atoms with Gasteiger partial charge in [-0.1, -0.05) is 24.3 Å².